The minimum absolute atomic E-state index is 0.228. The van der Waals surface area contributed by atoms with Gasteiger partial charge in [-0.1, -0.05) is 36.4 Å². The minimum Gasteiger partial charge on any atom is -0.454 e. The first-order valence-corrected chi connectivity index (χ1v) is 13.6. The van der Waals surface area contributed by atoms with Crippen LogP contribution in [-0.4, -0.2) is 41.9 Å². The summed E-state index contributed by atoms with van der Waals surface area (Å²) in [6, 6.07) is 24.2. The third-order valence-corrected chi connectivity index (χ3v) is 7.30. The van der Waals surface area contributed by atoms with Crippen LogP contribution < -0.4 is 14.8 Å². The van der Waals surface area contributed by atoms with E-state index < -0.39 is 0 Å². The number of rotatable bonds is 7. The maximum Gasteiger partial charge on any atom is 0.231 e. The van der Waals surface area contributed by atoms with E-state index in [0.717, 1.165) is 57.0 Å². The zero-order valence-corrected chi connectivity index (χ0v) is 22.3. The third kappa shape index (κ3) is 4.40. The number of fused-ring (bicyclic) bond motifs is 3. The van der Waals surface area contributed by atoms with Gasteiger partial charge in [-0.2, -0.15) is 5.10 Å². The van der Waals surface area contributed by atoms with Crippen LogP contribution in [0.5, 0.6) is 11.5 Å². The first kappa shape index (κ1) is 24.2. The number of hydrogen-bond donors (Lipinski definition) is 3. The summed E-state index contributed by atoms with van der Waals surface area (Å²) < 4.78 is 11.1. The summed E-state index contributed by atoms with van der Waals surface area (Å²) in [5.74, 6) is 2.04. The Labute approximate surface area is 239 Å². The molecule has 0 fully saturated rings. The predicted octanol–water partition coefficient (Wildman–Crippen LogP) is 5.64. The molecule has 1 aliphatic rings. The molecule has 10 nitrogen and oxygen atoms in total. The van der Waals surface area contributed by atoms with Gasteiger partial charge in [-0.3, -0.25) is 10.1 Å². The van der Waals surface area contributed by atoms with Crippen LogP contribution in [-0.2, 0) is 13.1 Å². The lowest BCUT2D eigenvalue weighted by Gasteiger charge is -2.07. The van der Waals surface area contributed by atoms with Crippen molar-refractivity contribution in [2.45, 2.75) is 13.1 Å². The van der Waals surface area contributed by atoms with Gasteiger partial charge in [0.15, 0.2) is 28.7 Å². The lowest BCUT2D eigenvalue weighted by Crippen LogP contribution is -2.12. The predicted molar refractivity (Wildman–Crippen MR) is 159 cm³/mol. The molecule has 8 rings (SSSR count). The van der Waals surface area contributed by atoms with Crippen molar-refractivity contribution >= 4 is 22.2 Å². The lowest BCUT2D eigenvalue weighted by atomic mass is 10.1. The first-order valence-electron chi connectivity index (χ1n) is 13.6. The van der Waals surface area contributed by atoms with Gasteiger partial charge < -0.3 is 19.8 Å². The quantitative estimate of drug-likeness (QED) is 0.232. The fourth-order valence-corrected chi connectivity index (χ4v) is 5.22. The summed E-state index contributed by atoms with van der Waals surface area (Å²) in [4.78, 5) is 22.2. The number of nitrogens with zero attached hydrogens (tertiary/aromatic N) is 5. The van der Waals surface area contributed by atoms with Crippen LogP contribution in [0.3, 0.4) is 0 Å². The SMILES string of the molecule is c1ccc(CNCc2cncc(-c3ccc4[nH]nc(-c5nc6nccc(-c7ccc8c(c7)OCO8)c6[nH]5)c4n3)c2)cc1. The van der Waals surface area contributed by atoms with Gasteiger partial charge in [-0.05, 0) is 53.1 Å². The Morgan fingerprint density at radius 2 is 1.71 bits per heavy atom. The Kier molecular flexibility index (Phi) is 5.82. The molecular weight excluding hydrogens is 528 g/mol. The second-order valence-electron chi connectivity index (χ2n) is 10.0. The first-order chi connectivity index (χ1) is 20.8. The Hall–Kier alpha value is -5.61. The van der Waals surface area contributed by atoms with E-state index in [0.29, 0.717) is 29.2 Å². The molecule has 0 aliphatic carbocycles. The number of H-pyrrole nitrogens is 2. The summed E-state index contributed by atoms with van der Waals surface area (Å²) >= 11 is 0. The number of nitrogens with one attached hydrogen (secondary N) is 3. The highest BCUT2D eigenvalue weighted by molar-refractivity contribution is 5.95. The Bertz CT molecular complexity index is 2070. The fraction of sp³-hybridized carbons (Fsp3) is 0.0938. The van der Waals surface area contributed by atoms with E-state index in [4.69, 9.17) is 19.4 Å². The highest BCUT2D eigenvalue weighted by Crippen LogP contribution is 2.38. The van der Waals surface area contributed by atoms with E-state index >= 15 is 0 Å². The minimum atomic E-state index is 0.228. The van der Waals surface area contributed by atoms with Crippen molar-refractivity contribution in [3.63, 3.8) is 0 Å². The molecule has 42 heavy (non-hydrogen) atoms. The lowest BCUT2D eigenvalue weighted by molar-refractivity contribution is 0.174. The number of imidazole rings is 1. The van der Waals surface area contributed by atoms with Gasteiger partial charge in [-0.15, -0.1) is 0 Å². The average Bonchev–Trinajstić information content (AvgIpc) is 3.79. The Balaban J connectivity index is 1.11. The molecule has 2 aromatic carbocycles. The number of benzene rings is 2. The maximum absolute atomic E-state index is 5.58. The zero-order chi connectivity index (χ0) is 27.9. The van der Waals surface area contributed by atoms with E-state index in [-0.39, 0.29) is 6.79 Å². The Morgan fingerprint density at radius 1 is 0.810 bits per heavy atom. The van der Waals surface area contributed by atoms with Crippen LogP contribution in [0.4, 0.5) is 0 Å². The number of hydrogen-bond acceptors (Lipinski definition) is 8. The molecule has 0 saturated heterocycles. The second-order valence-corrected chi connectivity index (χ2v) is 10.0. The van der Waals surface area contributed by atoms with Crippen molar-refractivity contribution in [3.05, 3.63) is 103 Å². The summed E-state index contributed by atoms with van der Waals surface area (Å²) in [5.41, 5.74) is 9.52. The normalized spacial score (nSPS) is 12.4. The second kappa shape index (κ2) is 10.1. The van der Waals surface area contributed by atoms with Crippen molar-refractivity contribution in [2.24, 2.45) is 0 Å². The molecule has 204 valence electrons. The molecule has 3 N–H and O–H groups in total. The van der Waals surface area contributed by atoms with Crippen LogP contribution in [0, 0.1) is 0 Å². The molecular formula is C32H24N8O2. The van der Waals surface area contributed by atoms with Crippen LogP contribution in [0.2, 0.25) is 0 Å². The number of aromatic amines is 2. The summed E-state index contributed by atoms with van der Waals surface area (Å²) in [6.45, 7) is 1.72. The van der Waals surface area contributed by atoms with Gasteiger partial charge in [0.05, 0.1) is 16.7 Å². The van der Waals surface area contributed by atoms with Gasteiger partial charge >= 0.3 is 0 Å². The van der Waals surface area contributed by atoms with Crippen molar-refractivity contribution in [1.29, 1.82) is 0 Å². The van der Waals surface area contributed by atoms with Crippen LogP contribution in [0.1, 0.15) is 11.1 Å². The molecule has 0 spiro atoms. The molecule has 0 unspecified atom stereocenters. The molecule has 7 aromatic rings. The van der Waals surface area contributed by atoms with Gasteiger partial charge in [-0.25, -0.2) is 15.0 Å². The topological polar surface area (TPSA) is 127 Å². The largest absolute Gasteiger partial charge is 0.454 e. The van der Waals surface area contributed by atoms with E-state index in [2.05, 4.69) is 48.7 Å². The van der Waals surface area contributed by atoms with Crippen LogP contribution >= 0.6 is 0 Å². The monoisotopic (exact) mass is 552 g/mol. The number of ether oxygens (including phenoxy) is 2. The van der Waals surface area contributed by atoms with Crippen molar-refractivity contribution in [2.75, 3.05) is 6.79 Å². The zero-order valence-electron chi connectivity index (χ0n) is 22.3. The van der Waals surface area contributed by atoms with E-state index in [1.807, 2.05) is 67.0 Å². The van der Waals surface area contributed by atoms with E-state index in [1.165, 1.54) is 5.56 Å². The third-order valence-electron chi connectivity index (χ3n) is 7.30. The number of pyridine rings is 3. The molecule has 5 aromatic heterocycles. The maximum atomic E-state index is 5.58. The van der Waals surface area contributed by atoms with E-state index in [1.54, 1.807) is 6.20 Å². The molecule has 1 aliphatic heterocycles. The summed E-state index contributed by atoms with van der Waals surface area (Å²) in [7, 11) is 0. The summed E-state index contributed by atoms with van der Waals surface area (Å²) in [5, 5.41) is 11.1. The smallest absolute Gasteiger partial charge is 0.231 e. The van der Waals surface area contributed by atoms with Gasteiger partial charge in [0, 0.05) is 42.8 Å². The van der Waals surface area contributed by atoms with Crippen LogP contribution in [0.15, 0.2) is 91.4 Å². The summed E-state index contributed by atoms with van der Waals surface area (Å²) in [6.07, 6.45) is 5.46. The van der Waals surface area contributed by atoms with Gasteiger partial charge in [0.1, 0.15) is 5.52 Å². The molecule has 0 bridgehead atoms. The van der Waals surface area contributed by atoms with Crippen LogP contribution in [0.25, 0.3) is 56.1 Å². The Morgan fingerprint density at radius 3 is 2.67 bits per heavy atom. The number of aromatic nitrogens is 7. The molecule has 0 amide bonds. The highest BCUT2D eigenvalue weighted by atomic mass is 16.7. The molecule has 6 heterocycles. The molecule has 10 heteroatoms. The fourth-order valence-electron chi connectivity index (χ4n) is 5.22. The average molecular weight is 553 g/mol. The molecule has 0 saturated carbocycles. The van der Waals surface area contributed by atoms with Crippen molar-refractivity contribution < 1.29 is 9.47 Å². The standard InChI is InChI=1S/C32H24N8O2/c1-2-4-19(5-3-1)14-33-15-20-12-22(17-34-16-20)24-7-8-25-29(36-24)30(40-39-25)32-37-28-23(10-11-35-31(28)38-32)21-6-9-26-27(13-21)42-18-41-26/h1-13,16-17,33H,14-15,18H2,(H,39,40)(H,35,37,38). The molecule has 0 radical (unpaired) electrons. The molecule has 0 atom stereocenters. The van der Waals surface area contributed by atoms with E-state index in [9.17, 15) is 0 Å². The van der Waals surface area contributed by atoms with Crippen molar-refractivity contribution in [1.82, 2.24) is 40.4 Å². The van der Waals surface area contributed by atoms with Gasteiger partial charge in [0.2, 0.25) is 6.79 Å². The highest BCUT2D eigenvalue weighted by Gasteiger charge is 2.19. The van der Waals surface area contributed by atoms with Gasteiger partial charge in [0.25, 0.3) is 0 Å². The van der Waals surface area contributed by atoms with Crippen molar-refractivity contribution in [3.8, 4) is 45.4 Å².